The van der Waals surface area contributed by atoms with E-state index in [0.29, 0.717) is 25.1 Å². The summed E-state index contributed by atoms with van der Waals surface area (Å²) >= 11 is 0. The van der Waals surface area contributed by atoms with Gasteiger partial charge in [-0.15, -0.1) is 0 Å². The number of H-pyrrole nitrogens is 1. The average Bonchev–Trinajstić information content (AvgIpc) is 3.36. The molecule has 0 saturated carbocycles. The van der Waals surface area contributed by atoms with Crippen molar-refractivity contribution in [2.45, 2.75) is 43.8 Å². The summed E-state index contributed by atoms with van der Waals surface area (Å²) in [5.41, 5.74) is 6.00. The number of urea groups is 1. The summed E-state index contributed by atoms with van der Waals surface area (Å²) in [5, 5.41) is 5.03. The molecule has 3 atom stereocenters. The summed E-state index contributed by atoms with van der Waals surface area (Å²) in [4.78, 5) is 70.1. The Morgan fingerprint density at radius 3 is 2.76 bits per heavy atom. The van der Waals surface area contributed by atoms with Crippen molar-refractivity contribution in [2.75, 3.05) is 13.6 Å². The van der Waals surface area contributed by atoms with Crippen molar-refractivity contribution < 1.29 is 24.0 Å². The van der Waals surface area contributed by atoms with Crippen molar-refractivity contribution >= 4 is 29.7 Å². The fraction of sp³-hybridized carbons (Fsp3) is 0.529. The lowest BCUT2D eigenvalue weighted by Gasteiger charge is -2.31. The number of primary amides is 1. The third kappa shape index (κ3) is 4.36. The van der Waals surface area contributed by atoms with Gasteiger partial charge in [0, 0.05) is 31.9 Å². The highest BCUT2D eigenvalue weighted by Crippen LogP contribution is 2.19. The average molecular weight is 405 g/mol. The zero-order chi connectivity index (χ0) is 21.1. The second kappa shape index (κ2) is 8.29. The lowest BCUT2D eigenvalue weighted by atomic mass is 10.1. The molecular weight excluding hydrogens is 382 g/mol. The molecular formula is C17H23N7O5. The van der Waals surface area contributed by atoms with Gasteiger partial charge in [0.1, 0.15) is 18.1 Å². The van der Waals surface area contributed by atoms with Gasteiger partial charge in [-0.05, 0) is 12.8 Å². The highest BCUT2D eigenvalue weighted by atomic mass is 16.2. The van der Waals surface area contributed by atoms with Crippen LogP contribution in [-0.2, 0) is 25.6 Å². The van der Waals surface area contributed by atoms with Gasteiger partial charge in [0.2, 0.25) is 23.6 Å². The predicted molar refractivity (Wildman–Crippen MR) is 97.9 cm³/mol. The standard InChI is InChI=1S/C17H23N7O5/c1-23-13(25)6-10(22-17(23)29)15(27)21-11(5-9-7-19-8-20-9)16(28)24-4-2-3-12(24)14(18)26/h7-8,10-12H,2-6H2,1H3,(H2,18,26)(H,19,20)(H,21,27)(H,22,29)/t10-,11+,12-/m1/s1. The van der Waals surface area contributed by atoms with Crippen LogP contribution in [0.4, 0.5) is 4.79 Å². The molecule has 0 bridgehead atoms. The molecule has 0 spiro atoms. The van der Waals surface area contributed by atoms with Crippen molar-refractivity contribution in [2.24, 2.45) is 5.73 Å². The molecule has 5 N–H and O–H groups in total. The molecule has 2 fully saturated rings. The molecule has 3 heterocycles. The quantitative estimate of drug-likeness (QED) is 0.420. The van der Waals surface area contributed by atoms with Gasteiger partial charge in [0.15, 0.2) is 0 Å². The van der Waals surface area contributed by atoms with E-state index in [2.05, 4.69) is 20.6 Å². The maximum Gasteiger partial charge on any atom is 0.324 e. The first kappa shape index (κ1) is 20.3. The zero-order valence-corrected chi connectivity index (χ0v) is 15.9. The molecule has 156 valence electrons. The second-order valence-corrected chi connectivity index (χ2v) is 7.09. The second-order valence-electron chi connectivity index (χ2n) is 7.09. The van der Waals surface area contributed by atoms with Crippen molar-refractivity contribution in [1.82, 2.24) is 30.4 Å². The van der Waals surface area contributed by atoms with E-state index in [9.17, 15) is 24.0 Å². The highest BCUT2D eigenvalue weighted by Gasteiger charge is 2.39. The predicted octanol–water partition coefficient (Wildman–Crippen LogP) is -2.15. The van der Waals surface area contributed by atoms with Gasteiger partial charge in [0.25, 0.3) is 0 Å². The van der Waals surface area contributed by atoms with E-state index in [1.54, 1.807) is 0 Å². The van der Waals surface area contributed by atoms with E-state index < -0.39 is 47.8 Å². The summed E-state index contributed by atoms with van der Waals surface area (Å²) in [6, 6.07) is -3.53. The van der Waals surface area contributed by atoms with E-state index in [-0.39, 0.29) is 12.8 Å². The summed E-state index contributed by atoms with van der Waals surface area (Å²) in [6.45, 7) is 0.352. The van der Waals surface area contributed by atoms with Crippen molar-refractivity contribution in [3.63, 3.8) is 0 Å². The maximum absolute atomic E-state index is 13.1. The van der Waals surface area contributed by atoms with Gasteiger partial charge in [-0.2, -0.15) is 0 Å². The Bertz CT molecular complexity index is 806. The Kier molecular flexibility index (Phi) is 5.80. The molecule has 0 aliphatic carbocycles. The first-order chi connectivity index (χ1) is 13.8. The third-order valence-corrected chi connectivity index (χ3v) is 5.13. The summed E-state index contributed by atoms with van der Waals surface area (Å²) in [6.07, 6.45) is 3.93. The number of carbonyl (C=O) groups excluding carboxylic acids is 5. The number of aromatic nitrogens is 2. The molecule has 0 unspecified atom stereocenters. The molecule has 1 aromatic heterocycles. The Morgan fingerprint density at radius 2 is 2.14 bits per heavy atom. The number of imide groups is 1. The number of hydrogen-bond donors (Lipinski definition) is 4. The number of imidazole rings is 1. The van der Waals surface area contributed by atoms with Crippen molar-refractivity contribution in [3.05, 3.63) is 18.2 Å². The van der Waals surface area contributed by atoms with Crippen molar-refractivity contribution in [1.29, 1.82) is 0 Å². The minimum atomic E-state index is -1.09. The van der Waals surface area contributed by atoms with Crippen LogP contribution in [0.2, 0.25) is 0 Å². The fourth-order valence-electron chi connectivity index (χ4n) is 3.50. The molecule has 12 nitrogen and oxygen atoms in total. The summed E-state index contributed by atoms with van der Waals surface area (Å²) in [7, 11) is 1.31. The molecule has 2 aliphatic rings. The van der Waals surface area contributed by atoms with Gasteiger partial charge in [-0.25, -0.2) is 9.78 Å². The van der Waals surface area contributed by atoms with E-state index in [4.69, 9.17) is 5.73 Å². The van der Waals surface area contributed by atoms with Crippen LogP contribution in [0.5, 0.6) is 0 Å². The molecule has 2 aliphatic heterocycles. The number of nitrogens with two attached hydrogens (primary N) is 1. The van der Waals surface area contributed by atoms with E-state index in [1.165, 1.54) is 24.5 Å². The van der Waals surface area contributed by atoms with Gasteiger partial charge >= 0.3 is 6.03 Å². The first-order valence-electron chi connectivity index (χ1n) is 9.22. The zero-order valence-electron chi connectivity index (χ0n) is 15.9. The van der Waals surface area contributed by atoms with Crippen LogP contribution < -0.4 is 16.4 Å². The first-order valence-corrected chi connectivity index (χ1v) is 9.22. The van der Waals surface area contributed by atoms with Gasteiger partial charge in [0.05, 0.1) is 12.7 Å². The lowest BCUT2D eigenvalue weighted by Crippen LogP contribution is -2.61. The van der Waals surface area contributed by atoms with Crippen LogP contribution in [0.25, 0.3) is 0 Å². The van der Waals surface area contributed by atoms with Crippen LogP contribution in [0, 0.1) is 0 Å². The fourth-order valence-corrected chi connectivity index (χ4v) is 3.50. The minimum Gasteiger partial charge on any atom is -0.368 e. The number of rotatable bonds is 6. The molecule has 2 saturated heterocycles. The van der Waals surface area contributed by atoms with Crippen LogP contribution in [0.1, 0.15) is 25.0 Å². The minimum absolute atomic E-state index is 0.0983. The van der Waals surface area contributed by atoms with Crippen LogP contribution in [0.15, 0.2) is 12.5 Å². The number of nitrogens with one attached hydrogen (secondary N) is 3. The SMILES string of the molecule is CN1C(=O)C[C@H](C(=O)N[C@@H](Cc2cnc[nH]2)C(=O)N2CCC[C@@H]2C(N)=O)NC1=O. The van der Waals surface area contributed by atoms with E-state index >= 15 is 0 Å². The number of aromatic amines is 1. The molecule has 0 radical (unpaired) electrons. The summed E-state index contributed by atoms with van der Waals surface area (Å²) < 4.78 is 0. The molecule has 12 heteroatoms. The highest BCUT2D eigenvalue weighted by molar-refractivity contribution is 6.03. The topological polar surface area (TPSA) is 171 Å². The Morgan fingerprint density at radius 1 is 1.38 bits per heavy atom. The Labute approximate surface area is 166 Å². The van der Waals surface area contributed by atoms with Gasteiger partial charge in [-0.3, -0.25) is 24.1 Å². The maximum atomic E-state index is 13.1. The van der Waals surface area contributed by atoms with Gasteiger partial charge in [-0.1, -0.05) is 0 Å². The lowest BCUT2D eigenvalue weighted by molar-refractivity contribution is -0.141. The van der Waals surface area contributed by atoms with E-state index in [0.717, 1.165) is 4.90 Å². The van der Waals surface area contributed by atoms with Crippen LogP contribution in [0.3, 0.4) is 0 Å². The summed E-state index contributed by atoms with van der Waals surface area (Å²) in [5.74, 6) is -2.22. The molecule has 6 amide bonds. The van der Waals surface area contributed by atoms with Gasteiger partial charge < -0.3 is 26.3 Å². The van der Waals surface area contributed by atoms with Crippen molar-refractivity contribution in [3.8, 4) is 0 Å². The largest absolute Gasteiger partial charge is 0.368 e. The molecule has 0 aromatic carbocycles. The van der Waals surface area contributed by atoms with Crippen LogP contribution in [-0.4, -0.2) is 81.1 Å². The number of likely N-dealkylation sites (tertiary alicyclic amines) is 1. The van der Waals surface area contributed by atoms with E-state index in [1.807, 2.05) is 0 Å². The smallest absolute Gasteiger partial charge is 0.324 e. The normalized spacial score (nSPS) is 22.9. The number of nitrogens with zero attached hydrogens (tertiary/aromatic N) is 3. The number of hydrogen-bond acceptors (Lipinski definition) is 6. The Balaban J connectivity index is 1.76. The number of carbonyl (C=O) groups is 5. The third-order valence-electron chi connectivity index (χ3n) is 5.13. The molecule has 29 heavy (non-hydrogen) atoms. The number of amides is 6. The van der Waals surface area contributed by atoms with Crippen LogP contribution >= 0.6 is 0 Å². The molecule has 3 rings (SSSR count). The molecule has 1 aromatic rings. The monoisotopic (exact) mass is 405 g/mol. The Hall–Kier alpha value is -3.44.